The van der Waals surface area contributed by atoms with Crippen molar-refractivity contribution in [3.8, 4) is 0 Å². The Morgan fingerprint density at radius 3 is 2.57 bits per heavy atom. The number of anilines is 1. The number of halogens is 3. The van der Waals surface area contributed by atoms with Crippen LogP contribution in [0.4, 0.5) is 18.9 Å². The number of nitrogens with one attached hydrogen (secondary N) is 2. The summed E-state index contributed by atoms with van der Waals surface area (Å²) in [4.78, 5) is 11.0. The molecule has 1 amide bonds. The first-order valence-corrected chi connectivity index (χ1v) is 6.86. The van der Waals surface area contributed by atoms with Crippen molar-refractivity contribution in [3.05, 3.63) is 29.3 Å². The normalized spacial score (nSPS) is 15.0. The number of nitrogens with two attached hydrogens (primary N) is 1. The molecule has 1 aromatic carbocycles. The van der Waals surface area contributed by atoms with Crippen molar-refractivity contribution >= 4 is 11.6 Å². The second-order valence-corrected chi connectivity index (χ2v) is 5.13. The third-order valence-corrected chi connectivity index (χ3v) is 3.28. The smallest absolute Gasteiger partial charge is 0.385 e. The summed E-state index contributed by atoms with van der Waals surface area (Å²) in [7, 11) is 0. The molecule has 1 aliphatic rings. The molecule has 0 heterocycles. The Balaban J connectivity index is 1.94. The van der Waals surface area contributed by atoms with Crippen LogP contribution in [0.3, 0.4) is 0 Å². The Morgan fingerprint density at radius 1 is 1.29 bits per heavy atom. The van der Waals surface area contributed by atoms with E-state index in [1.165, 1.54) is 18.9 Å². The maximum Gasteiger partial charge on any atom is 0.417 e. The minimum absolute atomic E-state index is 0.332. The van der Waals surface area contributed by atoms with Gasteiger partial charge in [0, 0.05) is 18.3 Å². The van der Waals surface area contributed by atoms with E-state index in [1.54, 1.807) is 0 Å². The van der Waals surface area contributed by atoms with Gasteiger partial charge in [0.1, 0.15) is 0 Å². The van der Waals surface area contributed by atoms with Crippen LogP contribution in [0.1, 0.15) is 35.2 Å². The molecule has 4 nitrogen and oxygen atoms in total. The van der Waals surface area contributed by atoms with Gasteiger partial charge in [0.05, 0.1) is 11.1 Å². The molecule has 7 heteroatoms. The molecule has 1 aliphatic carbocycles. The van der Waals surface area contributed by atoms with E-state index in [-0.39, 0.29) is 0 Å². The van der Waals surface area contributed by atoms with Crippen LogP contribution in [0.15, 0.2) is 18.2 Å². The molecular weight excluding hydrogens is 283 g/mol. The summed E-state index contributed by atoms with van der Waals surface area (Å²) in [5, 5.41) is 6.25. The number of carbonyl (C=O) groups is 1. The van der Waals surface area contributed by atoms with Crippen molar-refractivity contribution in [2.45, 2.75) is 31.5 Å². The van der Waals surface area contributed by atoms with E-state index in [4.69, 9.17) is 5.73 Å². The van der Waals surface area contributed by atoms with Gasteiger partial charge >= 0.3 is 6.18 Å². The largest absolute Gasteiger partial charge is 0.417 e. The van der Waals surface area contributed by atoms with Crippen molar-refractivity contribution < 1.29 is 18.0 Å². The number of hydrogen-bond donors (Lipinski definition) is 3. The molecule has 0 aliphatic heterocycles. The summed E-state index contributed by atoms with van der Waals surface area (Å²) in [5.41, 5.74) is 3.79. The highest BCUT2D eigenvalue weighted by molar-refractivity contribution is 5.95. The summed E-state index contributed by atoms with van der Waals surface area (Å²) < 4.78 is 38.6. The van der Waals surface area contributed by atoms with Crippen molar-refractivity contribution in [2.24, 2.45) is 5.73 Å². The van der Waals surface area contributed by atoms with E-state index < -0.39 is 23.2 Å². The highest BCUT2D eigenvalue weighted by atomic mass is 19.4. The molecule has 2 rings (SSSR count). The first-order valence-electron chi connectivity index (χ1n) is 6.86. The van der Waals surface area contributed by atoms with Crippen molar-refractivity contribution in [3.63, 3.8) is 0 Å². The molecule has 1 fully saturated rings. The Morgan fingerprint density at radius 2 is 2.00 bits per heavy atom. The van der Waals surface area contributed by atoms with Crippen molar-refractivity contribution in [1.82, 2.24) is 5.32 Å². The second-order valence-electron chi connectivity index (χ2n) is 5.13. The van der Waals surface area contributed by atoms with Crippen LogP contribution in [0.2, 0.25) is 0 Å². The number of alkyl halides is 3. The molecule has 0 atom stereocenters. The van der Waals surface area contributed by atoms with E-state index >= 15 is 0 Å². The lowest BCUT2D eigenvalue weighted by molar-refractivity contribution is -0.137. The van der Waals surface area contributed by atoms with Crippen LogP contribution in [0.5, 0.6) is 0 Å². The predicted molar refractivity (Wildman–Crippen MR) is 74.1 cm³/mol. The zero-order chi connectivity index (χ0) is 15.5. The lowest BCUT2D eigenvalue weighted by Crippen LogP contribution is -2.21. The Kier molecular flexibility index (Phi) is 4.72. The molecule has 116 valence electrons. The highest BCUT2D eigenvalue weighted by Gasteiger charge is 2.35. The standard InChI is InChI=1S/C14H18F3N3O/c15-14(16,17)12-8-10(4-5-11(12)13(18)21)20-7-1-6-19-9-2-3-9/h4-5,8-9,19-20H,1-3,6-7H2,(H2,18,21). The Labute approximate surface area is 120 Å². The Bertz CT molecular complexity index is 513. The fourth-order valence-corrected chi connectivity index (χ4v) is 2.02. The van der Waals surface area contributed by atoms with Gasteiger partial charge in [-0.3, -0.25) is 4.79 Å². The van der Waals surface area contributed by atoms with Gasteiger partial charge in [-0.1, -0.05) is 0 Å². The average Bonchev–Trinajstić information content (AvgIpc) is 3.21. The number of rotatable bonds is 7. The summed E-state index contributed by atoms with van der Waals surface area (Å²) in [6.45, 7) is 1.40. The molecule has 0 radical (unpaired) electrons. The lowest BCUT2D eigenvalue weighted by Gasteiger charge is -2.14. The SMILES string of the molecule is NC(=O)c1ccc(NCCCNC2CC2)cc1C(F)(F)F. The number of benzene rings is 1. The molecule has 21 heavy (non-hydrogen) atoms. The van der Waals surface area contributed by atoms with Gasteiger partial charge in [-0.15, -0.1) is 0 Å². The summed E-state index contributed by atoms with van der Waals surface area (Å²) in [5.74, 6) is -1.08. The van der Waals surface area contributed by atoms with Gasteiger partial charge in [0.25, 0.3) is 0 Å². The maximum absolute atomic E-state index is 12.9. The molecule has 0 spiro atoms. The molecule has 0 aromatic heterocycles. The first kappa shape index (κ1) is 15.6. The van der Waals surface area contributed by atoms with Gasteiger partial charge in [0.2, 0.25) is 5.91 Å². The summed E-state index contributed by atoms with van der Waals surface area (Å²) in [6, 6.07) is 4.09. The van der Waals surface area contributed by atoms with Gasteiger partial charge in [-0.25, -0.2) is 0 Å². The maximum atomic E-state index is 12.9. The van der Waals surface area contributed by atoms with Crippen LogP contribution in [0.25, 0.3) is 0 Å². The lowest BCUT2D eigenvalue weighted by atomic mass is 10.1. The van der Waals surface area contributed by atoms with Crippen LogP contribution in [0, 0.1) is 0 Å². The van der Waals surface area contributed by atoms with Crippen molar-refractivity contribution in [1.29, 1.82) is 0 Å². The van der Waals surface area contributed by atoms with Gasteiger partial charge < -0.3 is 16.4 Å². The second kappa shape index (κ2) is 6.34. The van der Waals surface area contributed by atoms with Gasteiger partial charge in [-0.2, -0.15) is 13.2 Å². The quantitative estimate of drug-likeness (QED) is 0.677. The third kappa shape index (κ3) is 4.63. The van der Waals surface area contributed by atoms with Crippen LogP contribution in [-0.4, -0.2) is 25.0 Å². The molecule has 0 saturated heterocycles. The zero-order valence-electron chi connectivity index (χ0n) is 11.5. The fourth-order valence-electron chi connectivity index (χ4n) is 2.02. The minimum atomic E-state index is -4.60. The zero-order valence-corrected chi connectivity index (χ0v) is 11.5. The third-order valence-electron chi connectivity index (χ3n) is 3.28. The highest BCUT2D eigenvalue weighted by Crippen LogP contribution is 2.33. The summed E-state index contributed by atoms with van der Waals surface area (Å²) >= 11 is 0. The molecule has 1 saturated carbocycles. The topological polar surface area (TPSA) is 67.2 Å². The van der Waals surface area contributed by atoms with Gasteiger partial charge in [0.15, 0.2) is 0 Å². The van der Waals surface area contributed by atoms with Crippen molar-refractivity contribution in [2.75, 3.05) is 18.4 Å². The number of carbonyl (C=O) groups excluding carboxylic acids is 1. The fraction of sp³-hybridized carbons (Fsp3) is 0.500. The first-order chi connectivity index (χ1) is 9.88. The van der Waals surface area contributed by atoms with E-state index in [9.17, 15) is 18.0 Å². The Hall–Kier alpha value is -1.76. The van der Waals surface area contributed by atoms with Gasteiger partial charge in [-0.05, 0) is 44.0 Å². The molecule has 0 unspecified atom stereocenters. The summed E-state index contributed by atoms with van der Waals surface area (Å²) in [6.07, 6.45) is -1.38. The van der Waals surface area contributed by atoms with E-state index in [2.05, 4.69) is 10.6 Å². The minimum Gasteiger partial charge on any atom is -0.385 e. The molecular formula is C14H18F3N3O. The molecule has 0 bridgehead atoms. The van der Waals surface area contributed by atoms with E-state index in [1.807, 2.05) is 0 Å². The van der Waals surface area contributed by atoms with Crippen LogP contribution in [-0.2, 0) is 6.18 Å². The monoisotopic (exact) mass is 301 g/mol. The molecule has 4 N–H and O–H groups in total. The molecule has 1 aromatic rings. The number of primary amides is 1. The van der Waals surface area contributed by atoms with Crippen LogP contribution < -0.4 is 16.4 Å². The average molecular weight is 301 g/mol. The van der Waals surface area contributed by atoms with Crippen LogP contribution >= 0.6 is 0 Å². The number of hydrogen-bond acceptors (Lipinski definition) is 3. The number of amides is 1. The van der Waals surface area contributed by atoms with E-state index in [0.717, 1.165) is 25.1 Å². The predicted octanol–water partition coefficient (Wildman–Crippen LogP) is 2.36. The van der Waals surface area contributed by atoms with E-state index in [0.29, 0.717) is 18.3 Å².